The van der Waals surface area contributed by atoms with Crippen molar-refractivity contribution in [3.8, 4) is 0 Å². The Balaban J connectivity index is 2.71. The summed E-state index contributed by atoms with van der Waals surface area (Å²) in [6, 6.07) is 0. The van der Waals surface area contributed by atoms with Crippen LogP contribution in [0, 0.1) is 0 Å². The lowest BCUT2D eigenvalue weighted by Gasteiger charge is -2.01. The predicted molar refractivity (Wildman–Crippen MR) is 49.0 cm³/mol. The summed E-state index contributed by atoms with van der Waals surface area (Å²) in [5.41, 5.74) is 5.52. The van der Waals surface area contributed by atoms with E-state index < -0.39 is 0 Å². The Morgan fingerprint density at radius 2 is 2.45 bits per heavy atom. The molecule has 0 radical (unpaired) electrons. The molecule has 1 atom stereocenters. The van der Waals surface area contributed by atoms with E-state index in [-0.39, 0.29) is 0 Å². The number of nitrogens with two attached hydrogens (primary N) is 1. The van der Waals surface area contributed by atoms with Crippen molar-refractivity contribution in [2.75, 3.05) is 6.54 Å². The molecule has 11 heavy (non-hydrogen) atoms. The summed E-state index contributed by atoms with van der Waals surface area (Å²) in [6.07, 6.45) is 3.03. The van der Waals surface area contributed by atoms with Crippen molar-refractivity contribution in [2.24, 2.45) is 5.73 Å². The normalized spacial score (nSPS) is 13.4. The molecule has 0 saturated heterocycles. The molecule has 62 valence electrons. The van der Waals surface area contributed by atoms with Gasteiger partial charge in [0.1, 0.15) is 0 Å². The number of rotatable bonds is 3. The number of thiazole rings is 1. The molecule has 2 nitrogen and oxygen atoms in total. The van der Waals surface area contributed by atoms with Crippen molar-refractivity contribution in [1.82, 2.24) is 4.98 Å². The van der Waals surface area contributed by atoms with E-state index in [0.717, 1.165) is 6.42 Å². The molecular weight excluding hydrogens is 156 g/mol. The van der Waals surface area contributed by atoms with E-state index in [1.165, 1.54) is 9.88 Å². The van der Waals surface area contributed by atoms with Gasteiger partial charge in [-0.3, -0.25) is 0 Å². The van der Waals surface area contributed by atoms with Crippen molar-refractivity contribution in [3.05, 3.63) is 16.1 Å². The Hall–Kier alpha value is -0.410. The molecule has 0 amide bonds. The Bertz CT molecular complexity index is 220. The molecule has 0 aliphatic heterocycles. The summed E-state index contributed by atoms with van der Waals surface area (Å²) in [7, 11) is 0. The molecule has 0 aliphatic carbocycles. The van der Waals surface area contributed by atoms with Crippen LogP contribution in [-0.2, 0) is 6.42 Å². The van der Waals surface area contributed by atoms with Crippen molar-refractivity contribution in [3.63, 3.8) is 0 Å². The fraction of sp³-hybridized carbons (Fsp3) is 0.625. The highest BCUT2D eigenvalue weighted by Crippen LogP contribution is 2.20. The van der Waals surface area contributed by atoms with Gasteiger partial charge in [-0.1, -0.05) is 13.8 Å². The highest BCUT2D eigenvalue weighted by molar-refractivity contribution is 7.11. The Morgan fingerprint density at radius 1 is 1.73 bits per heavy atom. The SMILES string of the molecule is CCc1cnc(C(C)CN)s1. The van der Waals surface area contributed by atoms with E-state index in [1.54, 1.807) is 11.3 Å². The summed E-state index contributed by atoms with van der Waals surface area (Å²) >= 11 is 1.77. The first-order valence-electron chi connectivity index (χ1n) is 3.92. The standard InChI is InChI=1S/C8H14N2S/c1-3-7-5-10-8(11-7)6(2)4-9/h5-6H,3-4,9H2,1-2H3. The van der Waals surface area contributed by atoms with Crippen molar-refractivity contribution in [1.29, 1.82) is 0 Å². The van der Waals surface area contributed by atoms with Crippen LogP contribution in [0.3, 0.4) is 0 Å². The lowest BCUT2D eigenvalue weighted by atomic mass is 10.2. The van der Waals surface area contributed by atoms with E-state index in [4.69, 9.17) is 5.73 Å². The van der Waals surface area contributed by atoms with Gasteiger partial charge in [0.2, 0.25) is 0 Å². The monoisotopic (exact) mass is 170 g/mol. The van der Waals surface area contributed by atoms with Gasteiger partial charge in [0.25, 0.3) is 0 Å². The van der Waals surface area contributed by atoms with Crippen molar-refractivity contribution < 1.29 is 0 Å². The van der Waals surface area contributed by atoms with Crippen LogP contribution in [0.2, 0.25) is 0 Å². The molecule has 0 bridgehead atoms. The summed E-state index contributed by atoms with van der Waals surface area (Å²) in [4.78, 5) is 5.64. The van der Waals surface area contributed by atoms with Crippen LogP contribution in [0.25, 0.3) is 0 Å². The zero-order chi connectivity index (χ0) is 8.27. The third-order valence-corrected chi connectivity index (χ3v) is 3.07. The largest absolute Gasteiger partial charge is 0.330 e. The Morgan fingerprint density at radius 3 is 2.91 bits per heavy atom. The first kappa shape index (κ1) is 8.68. The molecule has 0 fully saturated rings. The molecule has 0 aromatic carbocycles. The second-order valence-electron chi connectivity index (χ2n) is 2.66. The van der Waals surface area contributed by atoms with E-state index in [2.05, 4.69) is 18.8 Å². The second kappa shape index (κ2) is 3.83. The van der Waals surface area contributed by atoms with Crippen LogP contribution >= 0.6 is 11.3 Å². The minimum atomic E-state index is 0.417. The highest BCUT2D eigenvalue weighted by Gasteiger charge is 2.06. The number of aryl methyl sites for hydroxylation is 1. The summed E-state index contributed by atoms with van der Waals surface area (Å²) in [5.74, 6) is 0.417. The molecule has 0 saturated carbocycles. The van der Waals surface area contributed by atoms with Crippen LogP contribution in [0.5, 0.6) is 0 Å². The maximum atomic E-state index is 5.52. The summed E-state index contributed by atoms with van der Waals surface area (Å²) in [6.45, 7) is 4.94. The molecule has 1 heterocycles. The third kappa shape index (κ3) is 2.01. The number of hydrogen-bond donors (Lipinski definition) is 1. The van der Waals surface area contributed by atoms with Crippen molar-refractivity contribution >= 4 is 11.3 Å². The molecule has 1 rings (SSSR count). The maximum Gasteiger partial charge on any atom is 0.0968 e. The molecule has 0 aliphatic rings. The van der Waals surface area contributed by atoms with Gasteiger partial charge >= 0.3 is 0 Å². The van der Waals surface area contributed by atoms with Gasteiger partial charge in [-0.2, -0.15) is 0 Å². The third-order valence-electron chi connectivity index (χ3n) is 1.70. The van der Waals surface area contributed by atoms with Crippen LogP contribution in [0.15, 0.2) is 6.20 Å². The minimum Gasteiger partial charge on any atom is -0.330 e. The fourth-order valence-corrected chi connectivity index (χ4v) is 1.74. The van der Waals surface area contributed by atoms with Crippen LogP contribution in [-0.4, -0.2) is 11.5 Å². The zero-order valence-corrected chi connectivity index (χ0v) is 7.82. The number of hydrogen-bond acceptors (Lipinski definition) is 3. The molecule has 1 aromatic heterocycles. The van der Waals surface area contributed by atoms with Crippen LogP contribution < -0.4 is 5.73 Å². The van der Waals surface area contributed by atoms with Gasteiger partial charge < -0.3 is 5.73 Å². The average molecular weight is 170 g/mol. The first-order chi connectivity index (χ1) is 5.27. The summed E-state index contributed by atoms with van der Waals surface area (Å²) < 4.78 is 0. The predicted octanol–water partition coefficient (Wildman–Crippen LogP) is 1.77. The van der Waals surface area contributed by atoms with Crippen molar-refractivity contribution in [2.45, 2.75) is 26.2 Å². The van der Waals surface area contributed by atoms with Gasteiger partial charge in [0.05, 0.1) is 5.01 Å². The van der Waals surface area contributed by atoms with E-state index >= 15 is 0 Å². The lowest BCUT2D eigenvalue weighted by molar-refractivity contribution is 0.766. The Kier molecular flexibility index (Phi) is 3.02. The van der Waals surface area contributed by atoms with Crippen LogP contribution in [0.4, 0.5) is 0 Å². The summed E-state index contributed by atoms with van der Waals surface area (Å²) in [5, 5.41) is 1.17. The first-order valence-corrected chi connectivity index (χ1v) is 4.74. The van der Waals surface area contributed by atoms with E-state index in [0.29, 0.717) is 12.5 Å². The molecule has 2 N–H and O–H groups in total. The number of nitrogens with zero attached hydrogens (tertiary/aromatic N) is 1. The lowest BCUT2D eigenvalue weighted by Crippen LogP contribution is -2.08. The molecule has 3 heteroatoms. The molecular formula is C8H14N2S. The molecule has 1 aromatic rings. The Labute approximate surface area is 71.5 Å². The smallest absolute Gasteiger partial charge is 0.0968 e. The van der Waals surface area contributed by atoms with Crippen LogP contribution in [0.1, 0.15) is 29.7 Å². The van der Waals surface area contributed by atoms with Gasteiger partial charge in [-0.05, 0) is 6.42 Å². The molecule has 1 unspecified atom stereocenters. The average Bonchev–Trinajstić information content (AvgIpc) is 2.50. The maximum absolute atomic E-state index is 5.52. The number of aromatic nitrogens is 1. The quantitative estimate of drug-likeness (QED) is 0.751. The molecule has 0 spiro atoms. The fourth-order valence-electron chi connectivity index (χ4n) is 0.815. The van der Waals surface area contributed by atoms with Gasteiger partial charge in [0, 0.05) is 23.5 Å². The van der Waals surface area contributed by atoms with E-state index in [1.807, 2.05) is 6.20 Å². The van der Waals surface area contributed by atoms with E-state index in [9.17, 15) is 0 Å². The van der Waals surface area contributed by atoms with Gasteiger partial charge in [0.15, 0.2) is 0 Å². The topological polar surface area (TPSA) is 38.9 Å². The van der Waals surface area contributed by atoms with Gasteiger partial charge in [-0.25, -0.2) is 4.98 Å². The second-order valence-corrected chi connectivity index (χ2v) is 3.80. The zero-order valence-electron chi connectivity index (χ0n) is 7.00. The van der Waals surface area contributed by atoms with Gasteiger partial charge in [-0.15, -0.1) is 11.3 Å². The minimum absolute atomic E-state index is 0.417. The highest BCUT2D eigenvalue weighted by atomic mass is 32.1.